The van der Waals surface area contributed by atoms with E-state index in [0.717, 1.165) is 0 Å². The van der Waals surface area contributed by atoms with Crippen molar-refractivity contribution in [2.75, 3.05) is 26.6 Å². The minimum atomic E-state index is -0.433. The average Bonchev–Trinajstić information content (AvgIpc) is 2.50. The van der Waals surface area contributed by atoms with Gasteiger partial charge in [0.15, 0.2) is 0 Å². The molecule has 0 spiro atoms. The van der Waals surface area contributed by atoms with Crippen molar-refractivity contribution in [2.24, 2.45) is 0 Å². The van der Waals surface area contributed by atoms with Gasteiger partial charge < -0.3 is 14.8 Å². The average molecular weight is 286 g/mol. The Morgan fingerprint density at radius 3 is 2.33 bits per heavy atom. The van der Waals surface area contributed by atoms with Crippen LogP contribution >= 0.6 is 0 Å². The number of hydrogen-bond acceptors (Lipinski definition) is 5. The van der Waals surface area contributed by atoms with Gasteiger partial charge in [0, 0.05) is 24.1 Å². The third-order valence-corrected chi connectivity index (χ3v) is 3.62. The summed E-state index contributed by atoms with van der Waals surface area (Å²) in [5, 5.41) is 6.48. The highest BCUT2D eigenvalue weighted by Gasteiger charge is 2.30. The molecular formula is C15H14N2O4. The molecule has 0 fully saturated rings. The van der Waals surface area contributed by atoms with Crippen molar-refractivity contribution in [2.45, 2.75) is 0 Å². The van der Waals surface area contributed by atoms with Crippen LogP contribution in [0.4, 0.5) is 5.69 Å². The van der Waals surface area contributed by atoms with E-state index in [1.807, 2.05) is 0 Å². The van der Waals surface area contributed by atoms with Gasteiger partial charge in [-0.3, -0.25) is 14.9 Å². The van der Waals surface area contributed by atoms with Crippen molar-refractivity contribution in [1.29, 1.82) is 0 Å². The molecule has 2 N–H and O–H groups in total. The van der Waals surface area contributed by atoms with Crippen LogP contribution in [0.5, 0.6) is 11.5 Å². The standard InChI is InChI=1S/C15H14N2O4/c1-16-8-6-10(21-3)13-9(20-2)5-4-7-11(13)12(8)15(19)17-14(7)18/h4-6,16H,1-3H3,(H,17,18,19). The molecule has 1 heterocycles. The first-order valence-corrected chi connectivity index (χ1v) is 6.37. The summed E-state index contributed by atoms with van der Waals surface area (Å²) in [4.78, 5) is 24.3. The smallest absolute Gasteiger partial charge is 0.260 e. The van der Waals surface area contributed by atoms with Crippen molar-refractivity contribution in [3.05, 3.63) is 29.3 Å². The lowest BCUT2D eigenvalue weighted by Crippen LogP contribution is -2.35. The van der Waals surface area contributed by atoms with Crippen LogP contribution in [0.2, 0.25) is 0 Å². The summed E-state index contributed by atoms with van der Waals surface area (Å²) in [6, 6.07) is 5.06. The minimum Gasteiger partial charge on any atom is -0.496 e. The number of benzene rings is 2. The van der Waals surface area contributed by atoms with Crippen LogP contribution in [0, 0.1) is 0 Å². The third kappa shape index (κ3) is 1.72. The second kappa shape index (κ2) is 4.66. The molecule has 108 valence electrons. The lowest BCUT2D eigenvalue weighted by molar-refractivity contribution is 0.0845. The first kappa shape index (κ1) is 13.2. The van der Waals surface area contributed by atoms with Crippen LogP contribution in [-0.2, 0) is 0 Å². The van der Waals surface area contributed by atoms with E-state index in [2.05, 4.69) is 10.6 Å². The van der Waals surface area contributed by atoms with Gasteiger partial charge >= 0.3 is 0 Å². The summed E-state index contributed by atoms with van der Waals surface area (Å²) in [6.07, 6.45) is 0. The van der Waals surface area contributed by atoms with E-state index in [4.69, 9.17) is 9.47 Å². The summed E-state index contributed by atoms with van der Waals surface area (Å²) in [7, 11) is 4.78. The van der Waals surface area contributed by atoms with E-state index in [1.54, 1.807) is 25.2 Å². The van der Waals surface area contributed by atoms with Crippen molar-refractivity contribution in [3.8, 4) is 11.5 Å². The van der Waals surface area contributed by atoms with E-state index in [1.165, 1.54) is 14.2 Å². The van der Waals surface area contributed by atoms with Crippen LogP contribution < -0.4 is 20.1 Å². The lowest BCUT2D eigenvalue weighted by atomic mass is 9.92. The zero-order chi connectivity index (χ0) is 15.1. The van der Waals surface area contributed by atoms with Crippen molar-refractivity contribution in [3.63, 3.8) is 0 Å². The molecular weight excluding hydrogens is 272 g/mol. The summed E-state index contributed by atoms with van der Waals surface area (Å²) in [6.45, 7) is 0. The van der Waals surface area contributed by atoms with Gasteiger partial charge in [0.05, 0.1) is 30.9 Å². The second-order valence-electron chi connectivity index (χ2n) is 4.60. The fourth-order valence-corrected chi connectivity index (χ4v) is 2.68. The monoisotopic (exact) mass is 286 g/mol. The molecule has 1 aliphatic heterocycles. The fourth-order valence-electron chi connectivity index (χ4n) is 2.68. The molecule has 0 atom stereocenters. The number of anilines is 1. The number of amides is 2. The molecule has 2 amide bonds. The summed E-state index contributed by atoms with van der Waals surface area (Å²) < 4.78 is 10.7. The normalized spacial score (nSPS) is 13.1. The van der Waals surface area contributed by atoms with E-state index < -0.39 is 11.8 Å². The van der Waals surface area contributed by atoms with E-state index in [0.29, 0.717) is 39.1 Å². The number of carbonyl (C=O) groups is 2. The van der Waals surface area contributed by atoms with Crippen molar-refractivity contribution >= 4 is 28.3 Å². The molecule has 0 saturated heterocycles. The van der Waals surface area contributed by atoms with Crippen LogP contribution in [-0.4, -0.2) is 33.1 Å². The van der Waals surface area contributed by atoms with Gasteiger partial charge in [-0.1, -0.05) is 0 Å². The molecule has 21 heavy (non-hydrogen) atoms. The molecule has 3 rings (SSSR count). The van der Waals surface area contributed by atoms with Gasteiger partial charge in [-0.25, -0.2) is 0 Å². The zero-order valence-corrected chi connectivity index (χ0v) is 11.9. The molecule has 0 radical (unpaired) electrons. The van der Waals surface area contributed by atoms with Crippen LogP contribution in [0.1, 0.15) is 20.7 Å². The SMILES string of the molecule is CNc1cc(OC)c2c(OC)ccc3c2c1C(=O)NC3=O. The van der Waals surface area contributed by atoms with Gasteiger partial charge in [-0.15, -0.1) is 0 Å². The number of rotatable bonds is 3. The molecule has 1 aliphatic rings. The first-order chi connectivity index (χ1) is 10.1. The van der Waals surface area contributed by atoms with E-state index in [9.17, 15) is 9.59 Å². The van der Waals surface area contributed by atoms with Crippen molar-refractivity contribution in [1.82, 2.24) is 5.32 Å². The number of nitrogens with one attached hydrogen (secondary N) is 2. The highest BCUT2D eigenvalue weighted by atomic mass is 16.5. The Hall–Kier alpha value is -2.76. The number of methoxy groups -OCH3 is 2. The predicted molar refractivity (Wildman–Crippen MR) is 78.4 cm³/mol. The topological polar surface area (TPSA) is 76.7 Å². The molecule has 0 aromatic heterocycles. The number of imide groups is 1. The van der Waals surface area contributed by atoms with E-state index in [-0.39, 0.29) is 0 Å². The van der Waals surface area contributed by atoms with Crippen LogP contribution in [0.25, 0.3) is 10.8 Å². The highest BCUT2D eigenvalue weighted by Crippen LogP contribution is 2.42. The first-order valence-electron chi connectivity index (χ1n) is 6.37. The Bertz CT molecular complexity index is 783. The second-order valence-corrected chi connectivity index (χ2v) is 4.60. The largest absolute Gasteiger partial charge is 0.496 e. The maximum absolute atomic E-state index is 12.2. The molecule has 6 nitrogen and oxygen atoms in total. The molecule has 0 unspecified atom stereocenters. The summed E-state index contributed by atoms with van der Waals surface area (Å²) >= 11 is 0. The Labute approximate surface area is 121 Å². The molecule has 2 aromatic carbocycles. The minimum absolute atomic E-state index is 0.418. The Morgan fingerprint density at radius 2 is 1.71 bits per heavy atom. The molecule has 0 aliphatic carbocycles. The quantitative estimate of drug-likeness (QED) is 0.841. The predicted octanol–water partition coefficient (Wildman–Crippen LogP) is 1.78. The number of hydrogen-bond donors (Lipinski definition) is 2. The molecule has 6 heteroatoms. The van der Waals surface area contributed by atoms with Crippen LogP contribution in [0.15, 0.2) is 18.2 Å². The highest BCUT2D eigenvalue weighted by molar-refractivity contribution is 6.29. The molecule has 0 bridgehead atoms. The van der Waals surface area contributed by atoms with Gasteiger partial charge in [0.2, 0.25) is 0 Å². The summed E-state index contributed by atoms with van der Waals surface area (Å²) in [5.74, 6) is 0.240. The Balaban J connectivity index is 2.57. The molecule has 0 saturated carbocycles. The van der Waals surface area contributed by atoms with Gasteiger partial charge in [-0.05, 0) is 12.1 Å². The maximum atomic E-state index is 12.2. The summed E-state index contributed by atoms with van der Waals surface area (Å²) in [5.41, 5.74) is 1.44. The van der Waals surface area contributed by atoms with Crippen LogP contribution in [0.3, 0.4) is 0 Å². The maximum Gasteiger partial charge on any atom is 0.260 e. The lowest BCUT2D eigenvalue weighted by Gasteiger charge is -2.22. The van der Waals surface area contributed by atoms with Gasteiger partial charge in [0.1, 0.15) is 11.5 Å². The Kier molecular flexibility index (Phi) is 2.94. The Morgan fingerprint density at radius 1 is 1.00 bits per heavy atom. The number of carbonyl (C=O) groups excluding carboxylic acids is 2. The van der Waals surface area contributed by atoms with Crippen molar-refractivity contribution < 1.29 is 19.1 Å². The molecule has 2 aromatic rings. The van der Waals surface area contributed by atoms with Gasteiger partial charge in [-0.2, -0.15) is 0 Å². The third-order valence-electron chi connectivity index (χ3n) is 3.62. The number of ether oxygens (including phenoxy) is 2. The fraction of sp³-hybridized carbons (Fsp3) is 0.200. The zero-order valence-electron chi connectivity index (χ0n) is 11.9. The van der Waals surface area contributed by atoms with E-state index >= 15 is 0 Å². The van der Waals surface area contributed by atoms with Gasteiger partial charge in [0.25, 0.3) is 11.8 Å².